The van der Waals surface area contributed by atoms with Gasteiger partial charge in [0.2, 0.25) is 0 Å². The Balaban J connectivity index is 2.36. The summed E-state index contributed by atoms with van der Waals surface area (Å²) >= 11 is 0. The highest BCUT2D eigenvalue weighted by Crippen LogP contribution is 2.17. The first kappa shape index (κ1) is 11.3. The average Bonchev–Trinajstić information content (AvgIpc) is 2.63. The van der Waals surface area contributed by atoms with Gasteiger partial charge in [-0.05, 0) is 19.3 Å². The third kappa shape index (κ3) is 2.87. The summed E-state index contributed by atoms with van der Waals surface area (Å²) in [5.41, 5.74) is 0. The summed E-state index contributed by atoms with van der Waals surface area (Å²) < 4.78 is 5.09. The van der Waals surface area contributed by atoms with Crippen molar-refractivity contribution in [1.82, 2.24) is 10.2 Å². The number of ether oxygens (including phenoxy) is 1. The van der Waals surface area contributed by atoms with Gasteiger partial charge in [-0.15, -0.1) is 0 Å². The van der Waals surface area contributed by atoms with Crippen molar-refractivity contribution in [2.75, 3.05) is 26.8 Å². The number of hydrogen-bond donors (Lipinski definition) is 1. The predicted octanol–water partition coefficient (Wildman–Crippen LogP) is 1.22. The van der Waals surface area contributed by atoms with Crippen molar-refractivity contribution in [3.63, 3.8) is 0 Å². The Morgan fingerprint density at radius 2 is 2.43 bits per heavy atom. The largest absolute Gasteiger partial charge is 0.383 e. The van der Waals surface area contributed by atoms with Crippen molar-refractivity contribution in [3.8, 4) is 0 Å². The van der Waals surface area contributed by atoms with Crippen LogP contribution in [0.2, 0.25) is 0 Å². The standard InChI is InChI=1S/C10H20N2O2/c1-3-6-11-10(13)12-7-4-5-9(12)8-14-2/h9H,3-8H2,1-2H3,(H,11,13). The molecule has 1 atom stereocenters. The van der Waals surface area contributed by atoms with Crippen molar-refractivity contribution < 1.29 is 9.53 Å². The molecule has 0 saturated carbocycles. The highest BCUT2D eigenvalue weighted by molar-refractivity contribution is 5.74. The first-order valence-electron chi connectivity index (χ1n) is 5.33. The lowest BCUT2D eigenvalue weighted by molar-refractivity contribution is 0.123. The maximum atomic E-state index is 11.6. The number of nitrogens with one attached hydrogen (secondary N) is 1. The fourth-order valence-corrected chi connectivity index (χ4v) is 1.80. The number of carbonyl (C=O) groups is 1. The second-order valence-electron chi connectivity index (χ2n) is 3.68. The van der Waals surface area contributed by atoms with E-state index in [1.54, 1.807) is 7.11 Å². The number of nitrogens with zero attached hydrogens (tertiary/aromatic N) is 1. The smallest absolute Gasteiger partial charge is 0.317 e. The zero-order valence-corrected chi connectivity index (χ0v) is 9.08. The van der Waals surface area contributed by atoms with E-state index in [1.807, 2.05) is 4.90 Å². The molecule has 4 heteroatoms. The zero-order valence-electron chi connectivity index (χ0n) is 9.08. The minimum absolute atomic E-state index is 0.0615. The molecule has 0 aromatic carbocycles. The summed E-state index contributed by atoms with van der Waals surface area (Å²) in [5, 5.41) is 2.89. The molecule has 82 valence electrons. The van der Waals surface area contributed by atoms with Crippen LogP contribution in [0.5, 0.6) is 0 Å². The van der Waals surface area contributed by atoms with E-state index in [1.165, 1.54) is 0 Å². The van der Waals surface area contributed by atoms with E-state index in [0.29, 0.717) is 6.61 Å². The van der Waals surface area contributed by atoms with Gasteiger partial charge < -0.3 is 15.0 Å². The fourth-order valence-electron chi connectivity index (χ4n) is 1.80. The SMILES string of the molecule is CCCNC(=O)N1CCCC1COC. The van der Waals surface area contributed by atoms with Crippen LogP contribution < -0.4 is 5.32 Å². The molecule has 14 heavy (non-hydrogen) atoms. The third-order valence-corrected chi connectivity index (χ3v) is 2.52. The summed E-state index contributed by atoms with van der Waals surface area (Å²) in [6.45, 7) is 4.33. The summed E-state index contributed by atoms with van der Waals surface area (Å²) in [6.07, 6.45) is 3.13. The van der Waals surface area contributed by atoms with Crippen molar-refractivity contribution in [2.45, 2.75) is 32.2 Å². The summed E-state index contributed by atoms with van der Waals surface area (Å²) in [7, 11) is 1.68. The zero-order chi connectivity index (χ0) is 10.4. The lowest BCUT2D eigenvalue weighted by atomic mass is 10.2. The lowest BCUT2D eigenvalue weighted by Gasteiger charge is -2.24. The lowest BCUT2D eigenvalue weighted by Crippen LogP contribution is -2.44. The van der Waals surface area contributed by atoms with Crippen LogP contribution in [-0.2, 0) is 4.74 Å². The number of likely N-dealkylation sites (tertiary alicyclic amines) is 1. The summed E-state index contributed by atoms with van der Waals surface area (Å²) in [5.74, 6) is 0. The van der Waals surface area contributed by atoms with Gasteiger partial charge in [0.05, 0.1) is 12.6 Å². The minimum Gasteiger partial charge on any atom is -0.383 e. The van der Waals surface area contributed by atoms with Crippen LogP contribution in [0.1, 0.15) is 26.2 Å². The van der Waals surface area contributed by atoms with Gasteiger partial charge in [-0.1, -0.05) is 6.92 Å². The number of carbonyl (C=O) groups excluding carboxylic acids is 1. The van der Waals surface area contributed by atoms with E-state index in [-0.39, 0.29) is 12.1 Å². The molecule has 1 rings (SSSR count). The highest BCUT2D eigenvalue weighted by atomic mass is 16.5. The molecule has 2 amide bonds. The average molecular weight is 200 g/mol. The number of amides is 2. The van der Waals surface area contributed by atoms with Crippen molar-refractivity contribution >= 4 is 6.03 Å². The second kappa shape index (κ2) is 5.86. The molecule has 0 aromatic rings. The van der Waals surface area contributed by atoms with Gasteiger partial charge in [-0.25, -0.2) is 4.79 Å². The molecular weight excluding hydrogens is 180 g/mol. The van der Waals surface area contributed by atoms with Crippen LogP contribution in [0.15, 0.2) is 0 Å². The van der Waals surface area contributed by atoms with Gasteiger partial charge in [0.1, 0.15) is 0 Å². The van der Waals surface area contributed by atoms with Crippen LogP contribution >= 0.6 is 0 Å². The molecule has 0 bridgehead atoms. The van der Waals surface area contributed by atoms with Gasteiger partial charge in [-0.2, -0.15) is 0 Å². The quantitative estimate of drug-likeness (QED) is 0.741. The van der Waals surface area contributed by atoms with E-state index in [2.05, 4.69) is 12.2 Å². The number of methoxy groups -OCH3 is 1. The van der Waals surface area contributed by atoms with E-state index >= 15 is 0 Å². The van der Waals surface area contributed by atoms with E-state index in [9.17, 15) is 4.79 Å². The Hall–Kier alpha value is -0.770. The van der Waals surface area contributed by atoms with Crippen LogP contribution in [0, 0.1) is 0 Å². The molecule has 1 unspecified atom stereocenters. The number of hydrogen-bond acceptors (Lipinski definition) is 2. The first-order valence-corrected chi connectivity index (χ1v) is 5.33. The molecular formula is C10H20N2O2. The van der Waals surface area contributed by atoms with Gasteiger partial charge >= 0.3 is 6.03 Å². The molecule has 0 spiro atoms. The van der Waals surface area contributed by atoms with Gasteiger partial charge in [0.15, 0.2) is 0 Å². The minimum atomic E-state index is 0.0615. The molecule has 1 fully saturated rings. The Morgan fingerprint density at radius 3 is 3.07 bits per heavy atom. The number of rotatable bonds is 4. The van der Waals surface area contributed by atoms with Crippen LogP contribution in [-0.4, -0.2) is 43.8 Å². The van der Waals surface area contributed by atoms with Crippen LogP contribution in [0.4, 0.5) is 4.79 Å². The fraction of sp³-hybridized carbons (Fsp3) is 0.900. The Morgan fingerprint density at radius 1 is 1.64 bits per heavy atom. The molecule has 1 heterocycles. The van der Waals surface area contributed by atoms with E-state index in [0.717, 1.165) is 32.4 Å². The predicted molar refractivity (Wildman–Crippen MR) is 55.3 cm³/mol. The molecule has 0 aliphatic carbocycles. The molecule has 1 saturated heterocycles. The summed E-state index contributed by atoms with van der Waals surface area (Å²) in [4.78, 5) is 13.5. The molecule has 0 aromatic heterocycles. The Bertz CT molecular complexity index is 185. The van der Waals surface area contributed by atoms with Crippen LogP contribution in [0.25, 0.3) is 0 Å². The third-order valence-electron chi connectivity index (χ3n) is 2.52. The molecule has 1 N–H and O–H groups in total. The molecule has 4 nitrogen and oxygen atoms in total. The van der Waals surface area contributed by atoms with Gasteiger partial charge in [0.25, 0.3) is 0 Å². The normalized spacial score (nSPS) is 21.3. The van der Waals surface area contributed by atoms with Crippen LogP contribution in [0.3, 0.4) is 0 Å². The first-order chi connectivity index (χ1) is 6.79. The number of urea groups is 1. The van der Waals surface area contributed by atoms with Crippen molar-refractivity contribution in [3.05, 3.63) is 0 Å². The van der Waals surface area contributed by atoms with E-state index in [4.69, 9.17) is 4.74 Å². The van der Waals surface area contributed by atoms with Crippen molar-refractivity contribution in [1.29, 1.82) is 0 Å². The highest BCUT2D eigenvalue weighted by Gasteiger charge is 2.27. The van der Waals surface area contributed by atoms with Gasteiger partial charge in [0, 0.05) is 20.2 Å². The molecule has 0 radical (unpaired) electrons. The molecule has 1 aliphatic heterocycles. The maximum absolute atomic E-state index is 11.6. The Kier molecular flexibility index (Phi) is 4.73. The second-order valence-corrected chi connectivity index (χ2v) is 3.68. The Labute approximate surface area is 85.6 Å². The van der Waals surface area contributed by atoms with Gasteiger partial charge in [-0.3, -0.25) is 0 Å². The molecule has 1 aliphatic rings. The maximum Gasteiger partial charge on any atom is 0.317 e. The summed E-state index contributed by atoms with van der Waals surface area (Å²) in [6, 6.07) is 0.336. The van der Waals surface area contributed by atoms with Crippen molar-refractivity contribution in [2.24, 2.45) is 0 Å². The topological polar surface area (TPSA) is 41.6 Å². The van der Waals surface area contributed by atoms with E-state index < -0.39 is 0 Å². The monoisotopic (exact) mass is 200 g/mol.